The van der Waals surface area contributed by atoms with Crippen LogP contribution in [0.15, 0.2) is 18.2 Å². The maximum absolute atomic E-state index is 12.2. The van der Waals surface area contributed by atoms with E-state index in [0.29, 0.717) is 18.1 Å². The standard InChI is InChI=1S/C17H26ClN3O2/c1-4-8-19-16(22)11-21(9-5-2)12-17(23)20-15-7-6-14(18)10-13(15)3/h6-7,10H,4-5,8-9,11-12H2,1-3H3,(H,19,22)(H,20,23). The van der Waals surface area contributed by atoms with Crippen molar-refractivity contribution in [2.24, 2.45) is 0 Å². The fraction of sp³-hybridized carbons (Fsp3) is 0.529. The molecule has 2 amide bonds. The Morgan fingerprint density at radius 3 is 2.43 bits per heavy atom. The van der Waals surface area contributed by atoms with Gasteiger partial charge in [-0.3, -0.25) is 14.5 Å². The quantitative estimate of drug-likeness (QED) is 0.727. The summed E-state index contributed by atoms with van der Waals surface area (Å²) in [4.78, 5) is 25.9. The molecule has 6 heteroatoms. The van der Waals surface area contributed by atoms with Crippen LogP contribution in [0.1, 0.15) is 32.3 Å². The van der Waals surface area contributed by atoms with Crippen molar-refractivity contribution in [1.29, 1.82) is 0 Å². The van der Waals surface area contributed by atoms with Crippen molar-refractivity contribution in [2.45, 2.75) is 33.6 Å². The minimum absolute atomic E-state index is 0.0456. The second-order valence-electron chi connectivity index (χ2n) is 5.57. The summed E-state index contributed by atoms with van der Waals surface area (Å²) in [6.07, 6.45) is 1.78. The molecule has 0 radical (unpaired) electrons. The van der Waals surface area contributed by atoms with Crippen molar-refractivity contribution in [3.05, 3.63) is 28.8 Å². The SMILES string of the molecule is CCCNC(=O)CN(CCC)CC(=O)Nc1ccc(Cl)cc1C. The van der Waals surface area contributed by atoms with Crippen molar-refractivity contribution in [3.8, 4) is 0 Å². The van der Waals surface area contributed by atoms with Crippen molar-refractivity contribution in [3.63, 3.8) is 0 Å². The molecule has 0 heterocycles. The van der Waals surface area contributed by atoms with Gasteiger partial charge in [0.25, 0.3) is 0 Å². The maximum atomic E-state index is 12.2. The van der Waals surface area contributed by atoms with Crippen molar-refractivity contribution in [1.82, 2.24) is 10.2 Å². The van der Waals surface area contributed by atoms with Crippen molar-refractivity contribution >= 4 is 29.1 Å². The number of anilines is 1. The molecule has 0 atom stereocenters. The van der Waals surface area contributed by atoms with E-state index in [1.54, 1.807) is 18.2 Å². The summed E-state index contributed by atoms with van der Waals surface area (Å²) in [6, 6.07) is 5.33. The maximum Gasteiger partial charge on any atom is 0.238 e. The Labute approximate surface area is 143 Å². The van der Waals surface area contributed by atoms with Crippen LogP contribution in [0.25, 0.3) is 0 Å². The molecule has 0 spiro atoms. The molecule has 5 nitrogen and oxygen atoms in total. The van der Waals surface area contributed by atoms with Crippen LogP contribution in [-0.4, -0.2) is 42.9 Å². The Morgan fingerprint density at radius 2 is 1.83 bits per heavy atom. The summed E-state index contributed by atoms with van der Waals surface area (Å²) >= 11 is 5.91. The molecule has 2 N–H and O–H groups in total. The Balaban J connectivity index is 2.57. The molecule has 0 saturated carbocycles. The molecule has 0 saturated heterocycles. The fourth-order valence-corrected chi connectivity index (χ4v) is 2.44. The minimum Gasteiger partial charge on any atom is -0.355 e. The number of benzene rings is 1. The lowest BCUT2D eigenvalue weighted by Gasteiger charge is -2.21. The third-order valence-corrected chi connectivity index (χ3v) is 3.54. The van der Waals surface area contributed by atoms with Gasteiger partial charge in [-0.1, -0.05) is 25.4 Å². The van der Waals surface area contributed by atoms with E-state index in [2.05, 4.69) is 10.6 Å². The number of carbonyl (C=O) groups is 2. The van der Waals surface area contributed by atoms with E-state index in [-0.39, 0.29) is 24.9 Å². The van der Waals surface area contributed by atoms with Gasteiger partial charge in [-0.25, -0.2) is 0 Å². The summed E-state index contributed by atoms with van der Waals surface area (Å²) in [6.45, 7) is 7.71. The molecule has 1 aromatic carbocycles. The van der Waals surface area contributed by atoms with Gasteiger partial charge in [-0.15, -0.1) is 0 Å². The monoisotopic (exact) mass is 339 g/mol. The molecule has 0 fully saturated rings. The van der Waals surface area contributed by atoms with Crippen LogP contribution in [0.5, 0.6) is 0 Å². The van der Waals surface area contributed by atoms with Gasteiger partial charge in [0.1, 0.15) is 0 Å². The summed E-state index contributed by atoms with van der Waals surface area (Å²) in [5.74, 6) is -0.178. The van der Waals surface area contributed by atoms with Gasteiger partial charge in [0.15, 0.2) is 0 Å². The van der Waals surface area contributed by atoms with Gasteiger partial charge in [0.2, 0.25) is 11.8 Å². The van der Waals surface area contributed by atoms with E-state index >= 15 is 0 Å². The molecule has 1 rings (SSSR count). The molecule has 23 heavy (non-hydrogen) atoms. The number of carbonyl (C=O) groups excluding carboxylic acids is 2. The highest BCUT2D eigenvalue weighted by atomic mass is 35.5. The highest BCUT2D eigenvalue weighted by Crippen LogP contribution is 2.19. The normalized spacial score (nSPS) is 10.7. The fourth-order valence-electron chi connectivity index (χ4n) is 2.21. The van der Waals surface area contributed by atoms with E-state index < -0.39 is 0 Å². The molecule has 0 aliphatic carbocycles. The van der Waals surface area contributed by atoms with E-state index in [9.17, 15) is 9.59 Å². The Bertz CT molecular complexity index is 535. The largest absolute Gasteiger partial charge is 0.355 e. The number of nitrogens with zero attached hydrogens (tertiary/aromatic N) is 1. The van der Waals surface area contributed by atoms with Crippen LogP contribution in [0.3, 0.4) is 0 Å². The first-order valence-corrected chi connectivity index (χ1v) is 8.39. The Hall–Kier alpha value is -1.59. The van der Waals surface area contributed by atoms with Gasteiger partial charge < -0.3 is 10.6 Å². The van der Waals surface area contributed by atoms with E-state index in [1.807, 2.05) is 25.7 Å². The summed E-state index contributed by atoms with van der Waals surface area (Å²) in [5.41, 5.74) is 1.65. The smallest absolute Gasteiger partial charge is 0.238 e. The number of amides is 2. The van der Waals surface area contributed by atoms with E-state index in [0.717, 1.165) is 24.1 Å². The number of aryl methyl sites for hydroxylation is 1. The van der Waals surface area contributed by atoms with E-state index in [1.165, 1.54) is 0 Å². The molecule has 128 valence electrons. The van der Waals surface area contributed by atoms with Gasteiger partial charge in [-0.2, -0.15) is 0 Å². The molecular weight excluding hydrogens is 314 g/mol. The lowest BCUT2D eigenvalue weighted by molar-refractivity contribution is -0.123. The van der Waals surface area contributed by atoms with Gasteiger partial charge in [0, 0.05) is 17.3 Å². The lowest BCUT2D eigenvalue weighted by atomic mass is 10.2. The topological polar surface area (TPSA) is 61.4 Å². The first-order valence-electron chi connectivity index (χ1n) is 8.01. The van der Waals surface area contributed by atoms with E-state index in [4.69, 9.17) is 11.6 Å². The van der Waals surface area contributed by atoms with Gasteiger partial charge in [0.05, 0.1) is 13.1 Å². The average Bonchev–Trinajstić information content (AvgIpc) is 2.48. The second kappa shape index (κ2) is 10.2. The highest BCUT2D eigenvalue weighted by molar-refractivity contribution is 6.30. The zero-order valence-electron chi connectivity index (χ0n) is 14.1. The molecular formula is C17H26ClN3O2. The summed E-state index contributed by atoms with van der Waals surface area (Å²) < 4.78 is 0. The minimum atomic E-state index is -0.132. The number of hydrogen-bond donors (Lipinski definition) is 2. The van der Waals surface area contributed by atoms with Crippen LogP contribution in [0.4, 0.5) is 5.69 Å². The number of rotatable bonds is 9. The second-order valence-corrected chi connectivity index (χ2v) is 6.00. The third-order valence-electron chi connectivity index (χ3n) is 3.31. The molecule has 1 aromatic rings. The highest BCUT2D eigenvalue weighted by Gasteiger charge is 2.14. The molecule has 0 aliphatic heterocycles. The van der Waals surface area contributed by atoms with Gasteiger partial charge >= 0.3 is 0 Å². The van der Waals surface area contributed by atoms with Gasteiger partial charge in [-0.05, 0) is 50.1 Å². The Morgan fingerprint density at radius 1 is 1.13 bits per heavy atom. The Kier molecular flexibility index (Phi) is 8.66. The zero-order chi connectivity index (χ0) is 17.2. The first kappa shape index (κ1) is 19.5. The molecule has 0 unspecified atom stereocenters. The zero-order valence-corrected chi connectivity index (χ0v) is 14.9. The molecule has 0 aliphatic rings. The predicted molar refractivity (Wildman–Crippen MR) is 94.9 cm³/mol. The predicted octanol–water partition coefficient (Wildman–Crippen LogP) is 2.83. The lowest BCUT2D eigenvalue weighted by Crippen LogP contribution is -2.41. The van der Waals surface area contributed by atoms with Crippen LogP contribution in [-0.2, 0) is 9.59 Å². The van der Waals surface area contributed by atoms with Crippen LogP contribution in [0.2, 0.25) is 5.02 Å². The van der Waals surface area contributed by atoms with Crippen molar-refractivity contribution in [2.75, 3.05) is 31.5 Å². The summed E-state index contributed by atoms with van der Waals surface area (Å²) in [5, 5.41) is 6.34. The van der Waals surface area contributed by atoms with Crippen molar-refractivity contribution < 1.29 is 9.59 Å². The number of halogens is 1. The van der Waals surface area contributed by atoms with Crippen LogP contribution in [0, 0.1) is 6.92 Å². The van der Waals surface area contributed by atoms with Crippen LogP contribution >= 0.6 is 11.6 Å². The third kappa shape index (κ3) is 7.48. The average molecular weight is 340 g/mol. The number of nitrogens with one attached hydrogen (secondary N) is 2. The number of hydrogen-bond acceptors (Lipinski definition) is 3. The first-order chi connectivity index (χ1) is 11.0. The van der Waals surface area contributed by atoms with Crippen LogP contribution < -0.4 is 10.6 Å². The molecule has 0 bridgehead atoms. The molecule has 0 aromatic heterocycles. The summed E-state index contributed by atoms with van der Waals surface area (Å²) in [7, 11) is 0.